The van der Waals surface area contributed by atoms with E-state index in [4.69, 9.17) is 10.4 Å². The van der Waals surface area contributed by atoms with Gasteiger partial charge in [-0.2, -0.15) is 5.26 Å². The molecule has 0 aliphatic heterocycles. The van der Waals surface area contributed by atoms with Crippen LogP contribution < -0.4 is 10.6 Å². The van der Waals surface area contributed by atoms with Crippen molar-refractivity contribution in [3.63, 3.8) is 0 Å². The number of benzene rings is 1. The number of carbonyl (C=O) groups is 2. The van der Waals surface area contributed by atoms with Crippen molar-refractivity contribution in [2.45, 2.75) is 12.5 Å². The number of carbonyl (C=O) groups excluding carboxylic acids is 1. The summed E-state index contributed by atoms with van der Waals surface area (Å²) in [6.45, 7) is 3.43. The van der Waals surface area contributed by atoms with Gasteiger partial charge >= 0.3 is 12.0 Å². The van der Waals surface area contributed by atoms with E-state index in [1.54, 1.807) is 18.2 Å². The molecule has 0 aromatic heterocycles. The maximum atomic E-state index is 11.7. The summed E-state index contributed by atoms with van der Waals surface area (Å²) in [5.41, 5.74) is 0.570. The summed E-state index contributed by atoms with van der Waals surface area (Å²) in [7, 11) is 0. The van der Waals surface area contributed by atoms with E-state index in [2.05, 4.69) is 33.1 Å². The first-order chi connectivity index (χ1) is 9.47. The van der Waals surface area contributed by atoms with Crippen LogP contribution in [0.5, 0.6) is 0 Å². The first kappa shape index (κ1) is 15.7. The molecule has 2 amide bonds. The Balaban J connectivity index is 2.78. The van der Waals surface area contributed by atoms with Crippen LogP contribution in [0.2, 0.25) is 0 Å². The van der Waals surface area contributed by atoms with Crippen LogP contribution in [0.4, 0.5) is 10.5 Å². The molecule has 3 N–H and O–H groups in total. The van der Waals surface area contributed by atoms with Crippen LogP contribution in [0, 0.1) is 11.3 Å². The molecule has 0 aliphatic rings. The molecule has 0 saturated heterocycles. The van der Waals surface area contributed by atoms with E-state index in [1.807, 2.05) is 6.07 Å². The highest BCUT2D eigenvalue weighted by molar-refractivity contribution is 9.10. The molecule has 1 aromatic rings. The largest absolute Gasteiger partial charge is 0.480 e. The maximum absolute atomic E-state index is 11.7. The Morgan fingerprint density at radius 2 is 2.25 bits per heavy atom. The second-order valence-electron chi connectivity index (χ2n) is 3.82. The Hall–Kier alpha value is -2.33. The lowest BCUT2D eigenvalue weighted by molar-refractivity contribution is -0.139. The fourth-order valence-corrected chi connectivity index (χ4v) is 1.78. The molecule has 6 nitrogen and oxygen atoms in total. The molecule has 1 unspecified atom stereocenters. The number of rotatable bonds is 5. The Kier molecular flexibility index (Phi) is 5.74. The van der Waals surface area contributed by atoms with Gasteiger partial charge in [0.25, 0.3) is 0 Å². The van der Waals surface area contributed by atoms with Gasteiger partial charge in [0.05, 0.1) is 11.3 Å². The molecule has 0 heterocycles. The summed E-state index contributed by atoms with van der Waals surface area (Å²) in [6, 6.07) is 4.94. The van der Waals surface area contributed by atoms with E-state index in [0.29, 0.717) is 10.2 Å². The van der Waals surface area contributed by atoms with Gasteiger partial charge in [-0.1, -0.05) is 22.0 Å². The van der Waals surface area contributed by atoms with Gasteiger partial charge in [-0.05, 0) is 24.6 Å². The lowest BCUT2D eigenvalue weighted by atomic mass is 10.2. The number of urea groups is 1. The topological polar surface area (TPSA) is 102 Å². The van der Waals surface area contributed by atoms with Crippen molar-refractivity contribution in [2.75, 3.05) is 5.32 Å². The number of hydrogen-bond acceptors (Lipinski definition) is 3. The number of hydrogen-bond donors (Lipinski definition) is 3. The van der Waals surface area contributed by atoms with Crippen molar-refractivity contribution in [3.8, 4) is 6.07 Å². The molecule has 0 radical (unpaired) electrons. The standard InChI is InChI=1S/C13H12BrN3O3/c1-2-3-11(12(18)19)17-13(20)16-10-5-4-9(14)6-8(10)7-15/h2,4-6,11H,1,3H2,(H,18,19)(H2,16,17,20). The zero-order valence-corrected chi connectivity index (χ0v) is 12.0. The van der Waals surface area contributed by atoms with Gasteiger partial charge in [-0.3, -0.25) is 0 Å². The number of halogens is 1. The molecule has 1 atom stereocenters. The fraction of sp³-hybridized carbons (Fsp3) is 0.154. The van der Waals surface area contributed by atoms with Crippen LogP contribution in [0.15, 0.2) is 35.3 Å². The van der Waals surface area contributed by atoms with Crippen molar-refractivity contribution in [1.82, 2.24) is 5.32 Å². The summed E-state index contributed by atoms with van der Waals surface area (Å²) in [5.74, 6) is -1.16. The summed E-state index contributed by atoms with van der Waals surface area (Å²) >= 11 is 3.21. The highest BCUT2D eigenvalue weighted by atomic mass is 79.9. The van der Waals surface area contributed by atoms with Crippen LogP contribution in [0.3, 0.4) is 0 Å². The number of nitrogens with one attached hydrogen (secondary N) is 2. The normalized spacial score (nSPS) is 11.0. The predicted octanol–water partition coefficient (Wildman–Crippen LogP) is 2.47. The molecular weight excluding hydrogens is 326 g/mol. The van der Waals surface area contributed by atoms with E-state index in [1.165, 1.54) is 6.08 Å². The summed E-state index contributed by atoms with van der Waals surface area (Å²) < 4.78 is 0.704. The minimum absolute atomic E-state index is 0.105. The smallest absolute Gasteiger partial charge is 0.326 e. The van der Waals surface area contributed by atoms with Crippen molar-refractivity contribution >= 4 is 33.6 Å². The van der Waals surface area contributed by atoms with Gasteiger partial charge in [0.1, 0.15) is 12.1 Å². The van der Waals surface area contributed by atoms with Crippen molar-refractivity contribution in [3.05, 3.63) is 40.9 Å². The number of anilines is 1. The van der Waals surface area contributed by atoms with Gasteiger partial charge in [-0.25, -0.2) is 9.59 Å². The van der Waals surface area contributed by atoms with Crippen LogP contribution >= 0.6 is 15.9 Å². The molecule has 1 aromatic carbocycles. The van der Waals surface area contributed by atoms with Crippen molar-refractivity contribution in [1.29, 1.82) is 5.26 Å². The van der Waals surface area contributed by atoms with Gasteiger partial charge in [0.15, 0.2) is 0 Å². The van der Waals surface area contributed by atoms with Crippen LogP contribution in [0.1, 0.15) is 12.0 Å². The number of aliphatic carboxylic acids is 1. The molecule has 104 valence electrons. The molecule has 0 bridgehead atoms. The van der Waals surface area contributed by atoms with Gasteiger partial charge in [-0.15, -0.1) is 6.58 Å². The third-order valence-corrected chi connectivity index (χ3v) is 2.85. The van der Waals surface area contributed by atoms with Crippen molar-refractivity contribution < 1.29 is 14.7 Å². The van der Waals surface area contributed by atoms with Crippen LogP contribution in [-0.2, 0) is 4.79 Å². The first-order valence-electron chi connectivity index (χ1n) is 5.58. The summed E-state index contributed by atoms with van der Waals surface area (Å²) in [4.78, 5) is 22.6. The highest BCUT2D eigenvalue weighted by Crippen LogP contribution is 2.20. The Bertz CT molecular complexity index is 581. The summed E-state index contributed by atoms with van der Waals surface area (Å²) in [5, 5.41) is 22.6. The molecule has 20 heavy (non-hydrogen) atoms. The number of nitriles is 1. The second kappa shape index (κ2) is 7.31. The number of carboxylic acids is 1. The van der Waals surface area contributed by atoms with E-state index in [0.717, 1.165) is 0 Å². The quantitative estimate of drug-likeness (QED) is 0.718. The Labute approximate surface area is 124 Å². The van der Waals surface area contributed by atoms with Gasteiger partial charge in [0.2, 0.25) is 0 Å². The average Bonchev–Trinajstić information content (AvgIpc) is 2.40. The number of carboxylic acid groups (broad SMARTS) is 1. The number of amides is 2. The monoisotopic (exact) mass is 337 g/mol. The zero-order valence-electron chi connectivity index (χ0n) is 10.4. The van der Waals surface area contributed by atoms with E-state index < -0.39 is 18.0 Å². The first-order valence-corrected chi connectivity index (χ1v) is 6.38. The SMILES string of the molecule is C=CCC(NC(=O)Nc1ccc(Br)cc1C#N)C(=O)O. The zero-order chi connectivity index (χ0) is 15.1. The predicted molar refractivity (Wildman–Crippen MR) is 77.2 cm³/mol. The van der Waals surface area contributed by atoms with Gasteiger partial charge in [0, 0.05) is 4.47 Å². The highest BCUT2D eigenvalue weighted by Gasteiger charge is 2.18. The average molecular weight is 338 g/mol. The minimum Gasteiger partial charge on any atom is -0.480 e. The Morgan fingerprint density at radius 1 is 1.55 bits per heavy atom. The molecule has 0 spiro atoms. The Morgan fingerprint density at radius 3 is 2.80 bits per heavy atom. The molecule has 0 fully saturated rings. The third kappa shape index (κ3) is 4.40. The molecule has 0 aliphatic carbocycles. The van der Waals surface area contributed by atoms with Crippen LogP contribution in [0.25, 0.3) is 0 Å². The minimum atomic E-state index is -1.16. The van der Waals surface area contributed by atoms with Gasteiger partial charge < -0.3 is 15.7 Å². The molecular formula is C13H12BrN3O3. The molecule has 7 heteroatoms. The summed E-state index contributed by atoms with van der Waals surface area (Å²) in [6.07, 6.45) is 1.51. The fourth-order valence-electron chi connectivity index (χ4n) is 1.42. The molecule has 1 rings (SSSR count). The van der Waals surface area contributed by atoms with Crippen LogP contribution in [-0.4, -0.2) is 23.1 Å². The van der Waals surface area contributed by atoms with Crippen molar-refractivity contribution in [2.24, 2.45) is 0 Å². The lowest BCUT2D eigenvalue weighted by Crippen LogP contribution is -2.42. The van der Waals surface area contributed by atoms with E-state index in [-0.39, 0.29) is 12.0 Å². The second-order valence-corrected chi connectivity index (χ2v) is 4.73. The molecule has 0 saturated carbocycles. The van der Waals surface area contributed by atoms with E-state index in [9.17, 15) is 9.59 Å². The third-order valence-electron chi connectivity index (χ3n) is 2.36. The lowest BCUT2D eigenvalue weighted by Gasteiger charge is -2.14. The van der Waals surface area contributed by atoms with E-state index >= 15 is 0 Å². The maximum Gasteiger partial charge on any atom is 0.326 e. The number of nitrogens with zero attached hydrogens (tertiary/aromatic N) is 1.